The highest BCUT2D eigenvalue weighted by molar-refractivity contribution is 7.21. The summed E-state index contributed by atoms with van der Waals surface area (Å²) in [6, 6.07) is 17.6. The van der Waals surface area contributed by atoms with Crippen molar-refractivity contribution in [1.29, 1.82) is 5.26 Å². The predicted molar refractivity (Wildman–Crippen MR) is 155 cm³/mol. The van der Waals surface area contributed by atoms with Crippen molar-refractivity contribution < 1.29 is 18.3 Å². The molecule has 0 radical (unpaired) electrons. The van der Waals surface area contributed by atoms with E-state index in [4.69, 9.17) is 16.3 Å². The van der Waals surface area contributed by atoms with Crippen molar-refractivity contribution in [2.45, 2.75) is 44.3 Å². The first-order valence-corrected chi connectivity index (χ1v) is 14.3. The smallest absolute Gasteiger partial charge is 0.266 e. The Hall–Kier alpha value is -3.51. The third-order valence-electron chi connectivity index (χ3n) is 7.63. The highest BCUT2D eigenvalue weighted by Crippen LogP contribution is 2.40. The van der Waals surface area contributed by atoms with E-state index in [0.29, 0.717) is 17.4 Å². The Morgan fingerprint density at radius 2 is 1.82 bits per heavy atom. The number of nitrogens with zero attached hydrogens (tertiary/aromatic N) is 2. The molecule has 5 rings (SSSR count). The van der Waals surface area contributed by atoms with E-state index in [1.807, 2.05) is 43.4 Å². The highest BCUT2D eigenvalue weighted by Gasteiger charge is 2.33. The number of rotatable bonds is 7. The minimum Gasteiger partial charge on any atom is -0.496 e. The molecule has 9 heteroatoms. The first-order valence-electron chi connectivity index (χ1n) is 13.1. The summed E-state index contributed by atoms with van der Waals surface area (Å²) < 4.78 is 34.9. The Morgan fingerprint density at radius 1 is 1.10 bits per heavy atom. The minimum absolute atomic E-state index is 0.0316. The molecule has 1 heterocycles. The van der Waals surface area contributed by atoms with Gasteiger partial charge in [-0.05, 0) is 80.3 Å². The molecule has 0 bridgehead atoms. The molecular formula is C31H28ClF2N3O2S. The van der Waals surface area contributed by atoms with E-state index in [9.17, 15) is 18.8 Å². The quantitative estimate of drug-likeness (QED) is 0.245. The normalized spacial score (nSPS) is 17.0. The molecule has 1 N–H and O–H groups in total. The number of halogens is 3. The van der Waals surface area contributed by atoms with Gasteiger partial charge in [0.25, 0.3) is 5.91 Å². The van der Waals surface area contributed by atoms with Crippen LogP contribution in [0.4, 0.5) is 8.78 Å². The standard InChI is InChI=1S/C31H28ClF2N3O2S/c1-36-22-7-9-23(10-8-22)37(31(38)30-28(32)27-24(33)11-12-25(34)29(27)40-30)17-21-15-20(6-13-26(21)39-2)19-5-3-4-18(14-19)16-35/h3-6,11-15,22-23,36H,7-10,17H2,1-2H3/t22-,23+. The number of thiophene rings is 1. The number of nitrogens with one attached hydrogen (secondary N) is 1. The summed E-state index contributed by atoms with van der Waals surface area (Å²) in [5.41, 5.74) is 3.07. The fourth-order valence-corrected chi connectivity index (χ4v) is 6.95. The molecule has 5 nitrogen and oxygen atoms in total. The lowest BCUT2D eigenvalue weighted by Crippen LogP contribution is -2.44. The van der Waals surface area contributed by atoms with E-state index in [1.165, 1.54) is 0 Å². The fourth-order valence-electron chi connectivity index (χ4n) is 5.44. The van der Waals surface area contributed by atoms with Gasteiger partial charge in [0.05, 0.1) is 33.9 Å². The number of carbonyl (C=O) groups excluding carboxylic acids is 1. The van der Waals surface area contributed by atoms with E-state index >= 15 is 0 Å². The third-order valence-corrected chi connectivity index (χ3v) is 9.30. The van der Waals surface area contributed by atoms with Crippen molar-refractivity contribution in [3.63, 3.8) is 0 Å². The SMILES string of the molecule is CN[C@H]1CC[C@@H](N(Cc2cc(-c3cccc(C#N)c3)ccc2OC)C(=O)c2sc3c(F)ccc(F)c3c2Cl)CC1. The van der Waals surface area contributed by atoms with Gasteiger partial charge in [0, 0.05) is 24.2 Å². The maximum absolute atomic E-state index is 14.6. The van der Waals surface area contributed by atoms with Gasteiger partial charge in [-0.3, -0.25) is 4.79 Å². The largest absolute Gasteiger partial charge is 0.496 e. The molecule has 4 aromatic rings. The van der Waals surface area contributed by atoms with Crippen molar-refractivity contribution in [1.82, 2.24) is 10.2 Å². The Labute approximate surface area is 240 Å². The monoisotopic (exact) mass is 579 g/mol. The number of hydrogen-bond donors (Lipinski definition) is 1. The van der Waals surface area contributed by atoms with Crippen LogP contribution in [0.1, 0.15) is 46.5 Å². The van der Waals surface area contributed by atoms with E-state index in [0.717, 1.165) is 65.8 Å². The number of hydrogen-bond acceptors (Lipinski definition) is 5. The van der Waals surface area contributed by atoms with E-state index in [1.54, 1.807) is 18.1 Å². The highest BCUT2D eigenvalue weighted by atomic mass is 35.5. The van der Waals surface area contributed by atoms with Crippen LogP contribution in [0.15, 0.2) is 54.6 Å². The number of benzene rings is 3. The van der Waals surface area contributed by atoms with Crippen LogP contribution in [0.5, 0.6) is 5.75 Å². The fraction of sp³-hybridized carbons (Fsp3) is 0.290. The number of amides is 1. The van der Waals surface area contributed by atoms with Gasteiger partial charge in [-0.25, -0.2) is 8.78 Å². The number of nitriles is 1. The molecule has 0 unspecified atom stereocenters. The lowest BCUT2D eigenvalue weighted by Gasteiger charge is -2.37. The van der Waals surface area contributed by atoms with Crippen LogP contribution in [0, 0.1) is 23.0 Å². The lowest BCUT2D eigenvalue weighted by atomic mass is 9.89. The molecule has 0 spiro atoms. The van der Waals surface area contributed by atoms with Gasteiger partial charge in [-0.2, -0.15) is 5.26 Å². The Bertz CT molecular complexity index is 1610. The summed E-state index contributed by atoms with van der Waals surface area (Å²) >= 11 is 7.43. The van der Waals surface area contributed by atoms with Gasteiger partial charge in [-0.15, -0.1) is 11.3 Å². The van der Waals surface area contributed by atoms with Crippen molar-refractivity contribution in [2.24, 2.45) is 0 Å². The van der Waals surface area contributed by atoms with Crippen LogP contribution in [-0.2, 0) is 6.54 Å². The van der Waals surface area contributed by atoms with Gasteiger partial charge in [-0.1, -0.05) is 29.8 Å². The average molecular weight is 580 g/mol. The summed E-state index contributed by atoms with van der Waals surface area (Å²) in [5, 5.41) is 12.5. The van der Waals surface area contributed by atoms with Crippen LogP contribution in [-0.4, -0.2) is 37.0 Å². The van der Waals surface area contributed by atoms with Gasteiger partial charge in [0.15, 0.2) is 0 Å². The average Bonchev–Trinajstić information content (AvgIpc) is 3.35. The number of carbonyl (C=O) groups is 1. The molecule has 1 aliphatic carbocycles. The number of ether oxygens (including phenoxy) is 1. The number of methoxy groups -OCH3 is 1. The van der Waals surface area contributed by atoms with Crippen molar-refractivity contribution in [3.8, 4) is 22.9 Å². The van der Waals surface area contributed by atoms with Crippen LogP contribution in [0.25, 0.3) is 21.2 Å². The van der Waals surface area contributed by atoms with Crippen molar-refractivity contribution in [3.05, 3.63) is 87.3 Å². The molecule has 3 aromatic carbocycles. The van der Waals surface area contributed by atoms with Gasteiger partial charge >= 0.3 is 0 Å². The van der Waals surface area contributed by atoms with Gasteiger partial charge in [0.1, 0.15) is 22.3 Å². The van der Waals surface area contributed by atoms with Crippen LogP contribution in [0.2, 0.25) is 5.02 Å². The molecule has 0 saturated heterocycles. The summed E-state index contributed by atoms with van der Waals surface area (Å²) in [6.07, 6.45) is 3.34. The summed E-state index contributed by atoms with van der Waals surface area (Å²) in [6.45, 7) is 0.220. The van der Waals surface area contributed by atoms with Gasteiger partial charge < -0.3 is 15.0 Å². The Morgan fingerprint density at radius 3 is 2.50 bits per heavy atom. The molecule has 1 aliphatic rings. The molecule has 0 aliphatic heterocycles. The molecule has 1 aromatic heterocycles. The second-order valence-corrected chi connectivity index (χ2v) is 11.3. The topological polar surface area (TPSA) is 65.4 Å². The first kappa shape index (κ1) is 28.0. The van der Waals surface area contributed by atoms with Crippen LogP contribution >= 0.6 is 22.9 Å². The molecule has 40 heavy (non-hydrogen) atoms. The summed E-state index contributed by atoms with van der Waals surface area (Å²) in [5.74, 6) is -1.03. The van der Waals surface area contributed by atoms with E-state index < -0.39 is 11.6 Å². The predicted octanol–water partition coefficient (Wildman–Crippen LogP) is 7.55. The first-order chi connectivity index (χ1) is 19.3. The maximum atomic E-state index is 14.6. The van der Waals surface area contributed by atoms with E-state index in [2.05, 4.69) is 11.4 Å². The van der Waals surface area contributed by atoms with Crippen molar-refractivity contribution >= 4 is 38.9 Å². The lowest BCUT2D eigenvalue weighted by molar-refractivity contribution is 0.0604. The zero-order valence-corrected chi connectivity index (χ0v) is 23.7. The second-order valence-electron chi connectivity index (χ2n) is 9.92. The van der Waals surface area contributed by atoms with Crippen LogP contribution in [0.3, 0.4) is 0 Å². The summed E-state index contributed by atoms with van der Waals surface area (Å²) in [7, 11) is 3.51. The second kappa shape index (κ2) is 11.9. The zero-order chi connectivity index (χ0) is 28.4. The van der Waals surface area contributed by atoms with E-state index in [-0.39, 0.29) is 38.5 Å². The minimum atomic E-state index is -0.660. The third kappa shape index (κ3) is 5.42. The zero-order valence-electron chi connectivity index (χ0n) is 22.1. The molecule has 1 saturated carbocycles. The Kier molecular flexibility index (Phi) is 8.36. The molecule has 206 valence electrons. The van der Waals surface area contributed by atoms with Crippen molar-refractivity contribution in [2.75, 3.05) is 14.2 Å². The number of fused-ring (bicyclic) bond motifs is 1. The molecule has 1 amide bonds. The Balaban J connectivity index is 1.56. The maximum Gasteiger partial charge on any atom is 0.266 e. The molecule has 1 fully saturated rings. The molecule has 0 atom stereocenters. The van der Waals surface area contributed by atoms with Crippen LogP contribution < -0.4 is 10.1 Å². The van der Waals surface area contributed by atoms with Gasteiger partial charge in [0.2, 0.25) is 0 Å². The molecular weight excluding hydrogens is 552 g/mol. The summed E-state index contributed by atoms with van der Waals surface area (Å²) in [4.78, 5) is 16.1.